The number of ether oxygens (including phenoxy) is 1. The maximum Gasteiger partial charge on any atom is 0.242 e. The first kappa shape index (κ1) is 18.4. The maximum atomic E-state index is 12.4. The highest BCUT2D eigenvalue weighted by Crippen LogP contribution is 2.10. The molecule has 1 aromatic rings. The van der Waals surface area contributed by atoms with Crippen LogP contribution in [0.15, 0.2) is 30.3 Å². The van der Waals surface area contributed by atoms with Crippen molar-refractivity contribution < 1.29 is 19.4 Å². The van der Waals surface area contributed by atoms with Crippen LogP contribution in [0.2, 0.25) is 0 Å². The second kappa shape index (κ2) is 9.39. The Balaban J connectivity index is 1.83. The van der Waals surface area contributed by atoms with Gasteiger partial charge in [-0.1, -0.05) is 30.3 Å². The van der Waals surface area contributed by atoms with E-state index in [1.807, 2.05) is 30.3 Å². The first-order valence-corrected chi connectivity index (χ1v) is 8.36. The van der Waals surface area contributed by atoms with Crippen molar-refractivity contribution in [1.29, 1.82) is 0 Å². The molecule has 1 heterocycles. The molecule has 1 aliphatic rings. The van der Waals surface area contributed by atoms with E-state index in [0.717, 1.165) is 12.8 Å². The third-order valence-corrected chi connectivity index (χ3v) is 4.16. The molecule has 6 nitrogen and oxygen atoms in total. The SMILES string of the molecule is COCCN1CC(O)CN(C(=O)CCCc2ccccc2)CC1=O. The molecule has 24 heavy (non-hydrogen) atoms. The molecule has 1 fully saturated rings. The molecule has 2 amide bonds. The van der Waals surface area contributed by atoms with E-state index in [1.165, 1.54) is 10.5 Å². The van der Waals surface area contributed by atoms with E-state index in [1.54, 1.807) is 12.0 Å². The summed E-state index contributed by atoms with van der Waals surface area (Å²) in [4.78, 5) is 27.7. The summed E-state index contributed by atoms with van der Waals surface area (Å²) in [5, 5.41) is 10.1. The maximum absolute atomic E-state index is 12.4. The van der Waals surface area contributed by atoms with Gasteiger partial charge in [-0.25, -0.2) is 0 Å². The molecule has 6 heteroatoms. The van der Waals surface area contributed by atoms with Crippen LogP contribution in [0.5, 0.6) is 0 Å². The molecule has 0 bridgehead atoms. The van der Waals surface area contributed by atoms with E-state index in [-0.39, 0.29) is 31.4 Å². The van der Waals surface area contributed by atoms with Gasteiger partial charge in [0, 0.05) is 33.2 Å². The fraction of sp³-hybridized carbons (Fsp3) is 0.556. The predicted molar refractivity (Wildman–Crippen MR) is 90.4 cm³/mol. The van der Waals surface area contributed by atoms with Crippen LogP contribution in [0.4, 0.5) is 0 Å². The predicted octanol–water partition coefficient (Wildman–Crippen LogP) is 0.687. The Labute approximate surface area is 143 Å². The van der Waals surface area contributed by atoms with Gasteiger partial charge in [0.25, 0.3) is 0 Å². The second-order valence-electron chi connectivity index (χ2n) is 6.10. The van der Waals surface area contributed by atoms with Crippen molar-refractivity contribution in [2.75, 3.05) is 39.9 Å². The summed E-state index contributed by atoms with van der Waals surface area (Å²) < 4.78 is 4.98. The summed E-state index contributed by atoms with van der Waals surface area (Å²) in [5.74, 6) is -0.216. The Kier molecular flexibility index (Phi) is 7.21. The fourth-order valence-electron chi connectivity index (χ4n) is 2.85. The van der Waals surface area contributed by atoms with Gasteiger partial charge in [0.2, 0.25) is 11.8 Å². The first-order valence-electron chi connectivity index (χ1n) is 8.36. The highest BCUT2D eigenvalue weighted by Gasteiger charge is 2.28. The van der Waals surface area contributed by atoms with Gasteiger partial charge < -0.3 is 19.6 Å². The van der Waals surface area contributed by atoms with E-state index in [0.29, 0.717) is 19.6 Å². The van der Waals surface area contributed by atoms with Crippen molar-refractivity contribution in [3.05, 3.63) is 35.9 Å². The monoisotopic (exact) mass is 334 g/mol. The number of carbonyl (C=O) groups excluding carboxylic acids is 2. The van der Waals surface area contributed by atoms with E-state index in [2.05, 4.69) is 0 Å². The molecule has 132 valence electrons. The van der Waals surface area contributed by atoms with Crippen molar-refractivity contribution in [2.24, 2.45) is 0 Å². The third-order valence-electron chi connectivity index (χ3n) is 4.16. The molecule has 1 saturated heterocycles. The molecule has 0 aliphatic carbocycles. The smallest absolute Gasteiger partial charge is 0.242 e. The Hall–Kier alpha value is -1.92. The molecule has 0 aromatic heterocycles. The van der Waals surface area contributed by atoms with Crippen molar-refractivity contribution >= 4 is 11.8 Å². The van der Waals surface area contributed by atoms with E-state index >= 15 is 0 Å². The van der Waals surface area contributed by atoms with Gasteiger partial charge in [-0.15, -0.1) is 0 Å². The minimum atomic E-state index is -0.716. The normalized spacial score (nSPS) is 18.6. The molecule has 1 aliphatic heterocycles. The second-order valence-corrected chi connectivity index (χ2v) is 6.10. The molecule has 0 spiro atoms. The fourth-order valence-corrected chi connectivity index (χ4v) is 2.85. The lowest BCUT2D eigenvalue weighted by Crippen LogP contribution is -2.40. The van der Waals surface area contributed by atoms with Crippen LogP contribution in [0.25, 0.3) is 0 Å². The van der Waals surface area contributed by atoms with Gasteiger partial charge >= 0.3 is 0 Å². The number of nitrogens with zero attached hydrogens (tertiary/aromatic N) is 2. The molecule has 2 rings (SSSR count). The number of aliphatic hydroxyl groups excluding tert-OH is 1. The Bertz CT molecular complexity index is 535. The van der Waals surface area contributed by atoms with Gasteiger partial charge in [0.1, 0.15) is 0 Å². The number of benzene rings is 1. The quantitative estimate of drug-likeness (QED) is 0.796. The van der Waals surface area contributed by atoms with Gasteiger partial charge in [0.15, 0.2) is 0 Å². The van der Waals surface area contributed by atoms with Gasteiger partial charge in [-0.05, 0) is 18.4 Å². The van der Waals surface area contributed by atoms with Crippen LogP contribution in [0, 0.1) is 0 Å². The number of rotatable bonds is 7. The minimum absolute atomic E-state index is 0.0327. The highest BCUT2D eigenvalue weighted by atomic mass is 16.5. The number of carbonyl (C=O) groups is 2. The molecule has 1 atom stereocenters. The van der Waals surface area contributed by atoms with E-state index in [4.69, 9.17) is 4.74 Å². The molecule has 0 radical (unpaired) electrons. The molecular formula is C18H26N2O4. The number of aliphatic hydroxyl groups is 1. The van der Waals surface area contributed by atoms with Crippen molar-refractivity contribution in [1.82, 2.24) is 9.80 Å². The average Bonchev–Trinajstić information content (AvgIpc) is 2.72. The molecule has 1 N–H and O–H groups in total. The summed E-state index contributed by atoms with van der Waals surface area (Å²) in [6.07, 6.45) is 1.23. The first-order chi connectivity index (χ1) is 11.6. The van der Waals surface area contributed by atoms with Crippen LogP contribution in [0.1, 0.15) is 18.4 Å². The van der Waals surface area contributed by atoms with Gasteiger partial charge in [0.05, 0.1) is 19.3 Å². The van der Waals surface area contributed by atoms with Crippen LogP contribution in [-0.2, 0) is 20.7 Å². The largest absolute Gasteiger partial charge is 0.389 e. The number of methoxy groups -OCH3 is 1. The lowest BCUT2D eigenvalue weighted by molar-refractivity contribution is -0.139. The Morgan fingerprint density at radius 3 is 2.75 bits per heavy atom. The Morgan fingerprint density at radius 1 is 1.29 bits per heavy atom. The van der Waals surface area contributed by atoms with Crippen molar-refractivity contribution in [3.63, 3.8) is 0 Å². The summed E-state index contributed by atoms with van der Waals surface area (Å²) in [5.41, 5.74) is 1.20. The topological polar surface area (TPSA) is 70.1 Å². The average molecular weight is 334 g/mol. The van der Waals surface area contributed by atoms with Crippen LogP contribution < -0.4 is 0 Å². The van der Waals surface area contributed by atoms with Crippen molar-refractivity contribution in [2.45, 2.75) is 25.4 Å². The standard InChI is InChI=1S/C18H26N2O4/c1-24-11-10-19-12-16(21)13-20(14-18(19)23)17(22)9-5-8-15-6-3-2-4-7-15/h2-4,6-7,16,21H,5,8-14H2,1H3. The minimum Gasteiger partial charge on any atom is -0.389 e. The van der Waals surface area contributed by atoms with Gasteiger partial charge in [-0.3, -0.25) is 9.59 Å². The zero-order chi connectivity index (χ0) is 17.4. The van der Waals surface area contributed by atoms with Crippen LogP contribution >= 0.6 is 0 Å². The molecule has 1 aromatic carbocycles. The number of β-amino-alcohol motifs (C(OH)–C–C–N with tert-alkyl or cyclic N) is 1. The lowest BCUT2D eigenvalue weighted by Gasteiger charge is -2.21. The summed E-state index contributed by atoms with van der Waals surface area (Å²) in [6.45, 7) is 1.34. The summed E-state index contributed by atoms with van der Waals surface area (Å²) >= 11 is 0. The third kappa shape index (κ3) is 5.62. The molecular weight excluding hydrogens is 308 g/mol. The van der Waals surface area contributed by atoms with E-state index in [9.17, 15) is 14.7 Å². The lowest BCUT2D eigenvalue weighted by atomic mass is 10.1. The number of aryl methyl sites for hydroxylation is 1. The zero-order valence-corrected chi connectivity index (χ0v) is 14.2. The molecule has 0 saturated carbocycles. The number of hydrogen-bond donors (Lipinski definition) is 1. The highest BCUT2D eigenvalue weighted by molar-refractivity contribution is 5.85. The van der Waals surface area contributed by atoms with E-state index < -0.39 is 6.10 Å². The zero-order valence-electron chi connectivity index (χ0n) is 14.2. The van der Waals surface area contributed by atoms with Crippen molar-refractivity contribution in [3.8, 4) is 0 Å². The summed E-state index contributed by atoms with van der Waals surface area (Å²) in [6, 6.07) is 10.0. The molecule has 1 unspecified atom stereocenters. The number of hydrogen-bond acceptors (Lipinski definition) is 4. The number of amides is 2. The van der Waals surface area contributed by atoms with Crippen LogP contribution in [-0.4, -0.2) is 72.7 Å². The summed E-state index contributed by atoms with van der Waals surface area (Å²) in [7, 11) is 1.57. The Morgan fingerprint density at radius 2 is 2.04 bits per heavy atom. The van der Waals surface area contributed by atoms with Gasteiger partial charge in [-0.2, -0.15) is 0 Å². The van der Waals surface area contributed by atoms with Crippen LogP contribution in [0.3, 0.4) is 0 Å².